The Balaban J connectivity index is 1.52. The van der Waals surface area contributed by atoms with Crippen molar-refractivity contribution in [2.75, 3.05) is 20.1 Å². The number of amides is 1. The van der Waals surface area contributed by atoms with Crippen LogP contribution >= 0.6 is 0 Å². The molecule has 1 fully saturated rings. The number of nitrogens with one attached hydrogen (secondary N) is 2. The van der Waals surface area contributed by atoms with E-state index in [9.17, 15) is 4.79 Å². The van der Waals surface area contributed by atoms with E-state index in [1.165, 1.54) is 0 Å². The predicted molar refractivity (Wildman–Crippen MR) is 113 cm³/mol. The molecule has 2 heterocycles. The molecule has 8 heteroatoms. The molecule has 0 spiro atoms. The number of aliphatic imine (C=N–C) groups is 1. The van der Waals surface area contributed by atoms with Crippen molar-refractivity contribution in [2.45, 2.75) is 39.1 Å². The lowest BCUT2D eigenvalue weighted by molar-refractivity contribution is -0.0586. The SMILES string of the molecule is CN=C(NCc1ccc(C(=O)N2CC(C)OC(C)C2)cc1)NCc1ccnn1C. The minimum atomic E-state index is 0.0557. The maximum absolute atomic E-state index is 12.8. The lowest BCUT2D eigenvalue weighted by atomic mass is 10.1. The van der Waals surface area contributed by atoms with Gasteiger partial charge in [-0.1, -0.05) is 12.1 Å². The molecule has 2 atom stereocenters. The van der Waals surface area contributed by atoms with Gasteiger partial charge in [0.2, 0.25) is 0 Å². The molecule has 1 aromatic heterocycles. The molecule has 1 saturated heterocycles. The number of rotatable bonds is 5. The first-order valence-electron chi connectivity index (χ1n) is 9.91. The monoisotopic (exact) mass is 398 g/mol. The summed E-state index contributed by atoms with van der Waals surface area (Å²) < 4.78 is 7.54. The Bertz CT molecular complexity index is 835. The summed E-state index contributed by atoms with van der Waals surface area (Å²) in [4.78, 5) is 18.9. The normalized spacial score (nSPS) is 19.9. The van der Waals surface area contributed by atoms with Gasteiger partial charge in [-0.15, -0.1) is 0 Å². The van der Waals surface area contributed by atoms with Gasteiger partial charge in [0.25, 0.3) is 5.91 Å². The minimum Gasteiger partial charge on any atom is -0.372 e. The average molecular weight is 399 g/mol. The largest absolute Gasteiger partial charge is 0.372 e. The number of ether oxygens (including phenoxy) is 1. The average Bonchev–Trinajstić information content (AvgIpc) is 3.12. The van der Waals surface area contributed by atoms with Gasteiger partial charge in [0, 0.05) is 45.5 Å². The van der Waals surface area contributed by atoms with E-state index in [0.717, 1.165) is 11.3 Å². The number of aromatic nitrogens is 2. The van der Waals surface area contributed by atoms with E-state index >= 15 is 0 Å². The van der Waals surface area contributed by atoms with Crippen LogP contribution in [0.4, 0.5) is 0 Å². The summed E-state index contributed by atoms with van der Waals surface area (Å²) in [6.45, 7) is 6.52. The fraction of sp³-hybridized carbons (Fsp3) is 0.476. The molecule has 1 aromatic carbocycles. The first-order chi connectivity index (χ1) is 14.0. The standard InChI is InChI=1S/C21H30N6O2/c1-15-13-27(14-16(2)29-15)20(28)18-7-5-17(6-8-18)11-23-21(22-3)24-12-19-9-10-25-26(19)4/h5-10,15-16H,11-14H2,1-4H3,(H2,22,23,24). The van der Waals surface area contributed by atoms with Crippen LogP contribution in [0.2, 0.25) is 0 Å². The molecule has 1 aliphatic heterocycles. The van der Waals surface area contributed by atoms with Crippen LogP contribution < -0.4 is 10.6 Å². The molecule has 0 radical (unpaired) electrons. The van der Waals surface area contributed by atoms with E-state index in [-0.39, 0.29) is 18.1 Å². The van der Waals surface area contributed by atoms with Crippen LogP contribution in [0.5, 0.6) is 0 Å². The Morgan fingerprint density at radius 1 is 1.14 bits per heavy atom. The third kappa shape index (κ3) is 5.57. The van der Waals surface area contributed by atoms with Crippen LogP contribution in [-0.4, -0.2) is 58.9 Å². The summed E-state index contributed by atoms with van der Waals surface area (Å²) in [7, 11) is 3.65. The van der Waals surface area contributed by atoms with Gasteiger partial charge < -0.3 is 20.3 Å². The highest BCUT2D eigenvalue weighted by molar-refractivity contribution is 5.94. The Kier molecular flexibility index (Phi) is 6.87. The summed E-state index contributed by atoms with van der Waals surface area (Å²) in [5.74, 6) is 0.766. The first kappa shape index (κ1) is 20.9. The van der Waals surface area contributed by atoms with Crippen LogP contribution in [0.1, 0.15) is 35.5 Å². The number of guanidine groups is 1. The molecule has 0 aliphatic carbocycles. The quantitative estimate of drug-likeness (QED) is 0.590. The summed E-state index contributed by atoms with van der Waals surface area (Å²) in [6, 6.07) is 9.68. The summed E-state index contributed by atoms with van der Waals surface area (Å²) in [6.07, 6.45) is 1.91. The summed E-state index contributed by atoms with van der Waals surface area (Å²) in [5, 5.41) is 10.7. The second-order valence-corrected chi connectivity index (χ2v) is 7.39. The van der Waals surface area contributed by atoms with Crippen LogP contribution in [-0.2, 0) is 24.9 Å². The number of benzene rings is 1. The Morgan fingerprint density at radius 3 is 2.38 bits per heavy atom. The number of morpholine rings is 1. The number of aryl methyl sites for hydroxylation is 1. The topological polar surface area (TPSA) is 83.8 Å². The van der Waals surface area contributed by atoms with E-state index in [2.05, 4.69) is 20.7 Å². The van der Waals surface area contributed by atoms with Crippen molar-refractivity contribution in [3.8, 4) is 0 Å². The molecule has 3 rings (SSSR count). The van der Waals surface area contributed by atoms with Crippen molar-refractivity contribution in [1.82, 2.24) is 25.3 Å². The van der Waals surface area contributed by atoms with Gasteiger partial charge in [-0.25, -0.2) is 0 Å². The van der Waals surface area contributed by atoms with Crippen LogP contribution in [0.25, 0.3) is 0 Å². The lowest BCUT2D eigenvalue weighted by Crippen LogP contribution is -2.48. The molecule has 29 heavy (non-hydrogen) atoms. The molecule has 156 valence electrons. The zero-order valence-corrected chi connectivity index (χ0v) is 17.6. The van der Waals surface area contributed by atoms with Gasteiger partial charge in [0.05, 0.1) is 24.4 Å². The molecular weight excluding hydrogens is 368 g/mol. The van der Waals surface area contributed by atoms with Gasteiger partial charge in [-0.05, 0) is 37.6 Å². The second-order valence-electron chi connectivity index (χ2n) is 7.39. The zero-order valence-electron chi connectivity index (χ0n) is 17.6. The molecule has 2 N–H and O–H groups in total. The maximum atomic E-state index is 12.8. The molecule has 2 unspecified atom stereocenters. The molecule has 1 aliphatic rings. The highest BCUT2D eigenvalue weighted by atomic mass is 16.5. The van der Waals surface area contributed by atoms with E-state index in [1.54, 1.807) is 13.2 Å². The highest BCUT2D eigenvalue weighted by Gasteiger charge is 2.26. The number of nitrogens with zero attached hydrogens (tertiary/aromatic N) is 4. The Labute approximate surface area is 171 Å². The molecule has 1 amide bonds. The van der Waals surface area contributed by atoms with Crippen LogP contribution in [0.3, 0.4) is 0 Å². The predicted octanol–water partition coefficient (Wildman–Crippen LogP) is 1.53. The summed E-state index contributed by atoms with van der Waals surface area (Å²) >= 11 is 0. The third-order valence-corrected chi connectivity index (χ3v) is 4.95. The molecule has 0 saturated carbocycles. The molecule has 2 aromatic rings. The molecule has 0 bridgehead atoms. The van der Waals surface area contributed by atoms with Crippen LogP contribution in [0.15, 0.2) is 41.5 Å². The highest BCUT2D eigenvalue weighted by Crippen LogP contribution is 2.15. The Hall–Kier alpha value is -2.87. The van der Waals surface area contributed by atoms with Gasteiger partial charge in [-0.2, -0.15) is 5.10 Å². The van der Waals surface area contributed by atoms with E-state index < -0.39 is 0 Å². The smallest absolute Gasteiger partial charge is 0.254 e. The second kappa shape index (κ2) is 9.56. The fourth-order valence-corrected chi connectivity index (χ4v) is 3.45. The van der Waals surface area contributed by atoms with E-state index in [1.807, 2.05) is 60.8 Å². The van der Waals surface area contributed by atoms with Crippen molar-refractivity contribution in [3.63, 3.8) is 0 Å². The number of carbonyl (C=O) groups excluding carboxylic acids is 1. The fourth-order valence-electron chi connectivity index (χ4n) is 3.45. The summed E-state index contributed by atoms with van der Waals surface area (Å²) in [5.41, 5.74) is 2.85. The van der Waals surface area contributed by atoms with Crippen molar-refractivity contribution in [2.24, 2.45) is 12.0 Å². The van der Waals surface area contributed by atoms with Gasteiger partial charge in [0.15, 0.2) is 5.96 Å². The van der Waals surface area contributed by atoms with Crippen LogP contribution in [0, 0.1) is 0 Å². The Morgan fingerprint density at radius 2 is 1.79 bits per heavy atom. The third-order valence-electron chi connectivity index (χ3n) is 4.95. The van der Waals surface area contributed by atoms with Gasteiger partial charge in [-0.3, -0.25) is 14.5 Å². The van der Waals surface area contributed by atoms with Crippen molar-refractivity contribution >= 4 is 11.9 Å². The molecular formula is C21H30N6O2. The van der Waals surface area contributed by atoms with Crippen molar-refractivity contribution < 1.29 is 9.53 Å². The van der Waals surface area contributed by atoms with Crippen molar-refractivity contribution in [1.29, 1.82) is 0 Å². The lowest BCUT2D eigenvalue weighted by Gasteiger charge is -2.35. The number of carbonyl (C=O) groups is 1. The molecule has 8 nitrogen and oxygen atoms in total. The zero-order chi connectivity index (χ0) is 20.8. The van der Waals surface area contributed by atoms with Gasteiger partial charge in [0.1, 0.15) is 0 Å². The maximum Gasteiger partial charge on any atom is 0.254 e. The van der Waals surface area contributed by atoms with Crippen molar-refractivity contribution in [3.05, 3.63) is 53.3 Å². The number of hydrogen-bond acceptors (Lipinski definition) is 4. The van der Waals surface area contributed by atoms with Gasteiger partial charge >= 0.3 is 0 Å². The first-order valence-corrected chi connectivity index (χ1v) is 9.91. The number of hydrogen-bond donors (Lipinski definition) is 2. The van der Waals surface area contributed by atoms with E-state index in [0.29, 0.717) is 37.7 Å². The minimum absolute atomic E-state index is 0.0557. The van der Waals surface area contributed by atoms with E-state index in [4.69, 9.17) is 4.74 Å².